The number of anilines is 6. The maximum absolute atomic E-state index is 13.1. The number of hydrogen-bond donors (Lipinski definition) is 1. The van der Waals surface area contributed by atoms with Gasteiger partial charge in [-0.25, -0.2) is 15.0 Å². The van der Waals surface area contributed by atoms with Gasteiger partial charge in [0.1, 0.15) is 34.5 Å². The number of aromatic amines is 1. The van der Waals surface area contributed by atoms with E-state index in [0.29, 0.717) is 43.7 Å². The number of aryl methyl sites for hydroxylation is 2. The zero-order valence-electron chi connectivity index (χ0n) is 64.9. The molecule has 0 spiro atoms. The molecule has 6 aromatic carbocycles. The standard InChI is InChI=1S/C29H33F3N6O2.C28H35N7O2.C26H27N7O2/c1-36-19-20(17-34-36)28-18-33-26-6-5-22(15-27(26)35-28)38(23-13-24(39-2)16-25(14-23)40-3)10-4-9-37-11-7-21(8-12-37)29(30,31)32;1-32(2)22-8-9-34(19-22)10-11-35(23-12-24(36-4)15-25(13-23)37-5)21-6-7-26-27(14-21)31-28(17-29-26)20-16-30-33(3)18-20;1-34-22-9-21(10-23(12-22)35-2)33(8-7-32-6-5-18(13-27)17-32)20-3-4-24-25(11-20)31-26(16-28-24)19-14-29-30-15-19/h5-6,13-19,21H,4,7-12H2,1-3H3;6-7,12-18,22H,8-11,19H2,1-5H3;3-4,9-12,14-16,18H,5-8,17H2,1-2H3,(H,29,30)/t;;18-/m..1/s1. The zero-order chi connectivity index (χ0) is 78.4. The normalized spacial score (nSPS) is 15.5. The van der Waals surface area contributed by atoms with Crippen molar-refractivity contribution < 1.29 is 41.6 Å². The van der Waals surface area contributed by atoms with Crippen molar-refractivity contribution in [1.82, 2.24) is 79.3 Å². The molecule has 2 atom stereocenters. The van der Waals surface area contributed by atoms with Crippen LogP contribution in [0.25, 0.3) is 66.9 Å². The van der Waals surface area contributed by atoms with Crippen molar-refractivity contribution in [3.05, 3.63) is 165 Å². The molecular weight excluding hydrogens is 1430 g/mol. The molecule has 1 unspecified atom stereocenters. The largest absolute Gasteiger partial charge is 0.497 e. The fourth-order valence-corrected chi connectivity index (χ4v) is 14.5. The highest BCUT2D eigenvalue weighted by Crippen LogP contribution is 2.40. The lowest BCUT2D eigenvalue weighted by atomic mass is 9.96. The highest BCUT2D eigenvalue weighted by atomic mass is 19.4. The number of alkyl halides is 3. The average Bonchev–Trinajstić information content (AvgIpc) is 1.08. The molecule has 1 N–H and O–H groups in total. The second-order valence-electron chi connectivity index (χ2n) is 28.4. The van der Waals surface area contributed by atoms with E-state index in [-0.39, 0.29) is 18.8 Å². The number of fused-ring (bicyclic) bond motifs is 3. The number of ether oxygens (including phenoxy) is 6. The first kappa shape index (κ1) is 78.4. The van der Waals surface area contributed by atoms with Crippen LogP contribution in [-0.4, -0.2) is 227 Å². The van der Waals surface area contributed by atoms with Crippen LogP contribution in [-0.2, 0) is 14.1 Å². The Morgan fingerprint density at radius 2 is 0.857 bits per heavy atom. The Labute approximate surface area is 649 Å². The van der Waals surface area contributed by atoms with E-state index in [1.54, 1.807) is 89.2 Å². The summed E-state index contributed by atoms with van der Waals surface area (Å²) in [4.78, 5) is 44.5. The maximum Gasteiger partial charge on any atom is 0.391 e. The molecule has 3 fully saturated rings. The number of nitrogens with one attached hydrogen (secondary N) is 1. The smallest absolute Gasteiger partial charge is 0.391 e. The monoisotopic (exact) mass is 1520 g/mol. The van der Waals surface area contributed by atoms with Crippen LogP contribution in [0.1, 0.15) is 32.1 Å². The molecule has 29 heteroatoms. The highest BCUT2D eigenvalue weighted by Gasteiger charge is 2.41. The highest BCUT2D eigenvalue weighted by molar-refractivity contribution is 5.86. The summed E-state index contributed by atoms with van der Waals surface area (Å²) >= 11 is 0. The van der Waals surface area contributed by atoms with Gasteiger partial charge in [-0.1, -0.05) is 0 Å². The minimum Gasteiger partial charge on any atom is -0.497 e. The first-order chi connectivity index (χ1) is 54.3. The van der Waals surface area contributed by atoms with Crippen LogP contribution < -0.4 is 43.1 Å². The lowest BCUT2D eigenvalue weighted by Crippen LogP contribution is -2.40. The van der Waals surface area contributed by atoms with E-state index in [0.717, 1.165) is 189 Å². The summed E-state index contributed by atoms with van der Waals surface area (Å²) in [5, 5.41) is 24.7. The number of nitriles is 1. The quantitative estimate of drug-likeness (QED) is 0.0529. The van der Waals surface area contributed by atoms with Crippen LogP contribution in [0.3, 0.4) is 0 Å². The Hall–Kier alpha value is -11.7. The van der Waals surface area contributed by atoms with Crippen molar-refractivity contribution in [2.24, 2.45) is 25.9 Å². The van der Waals surface area contributed by atoms with Crippen molar-refractivity contribution >= 4 is 67.2 Å². The van der Waals surface area contributed by atoms with Crippen LogP contribution in [0.5, 0.6) is 34.5 Å². The van der Waals surface area contributed by atoms with Gasteiger partial charge in [-0.15, -0.1) is 0 Å². The Balaban J connectivity index is 0.000000147. The molecule has 3 saturated heterocycles. The molecule has 3 aliphatic heterocycles. The number of piperidine rings is 1. The summed E-state index contributed by atoms with van der Waals surface area (Å²) in [6.07, 6.45) is 15.3. The second kappa shape index (κ2) is 36.0. The third-order valence-electron chi connectivity index (χ3n) is 20.9. The molecule has 26 nitrogen and oxygen atoms in total. The molecule has 15 rings (SSSR count). The number of benzene rings is 6. The number of H-pyrrole nitrogens is 1. The maximum atomic E-state index is 13.1. The Morgan fingerprint density at radius 1 is 0.455 bits per heavy atom. The van der Waals surface area contributed by atoms with Gasteiger partial charge in [-0.05, 0) is 134 Å². The molecule has 0 radical (unpaired) electrons. The van der Waals surface area contributed by atoms with Crippen molar-refractivity contribution in [2.75, 3.05) is 150 Å². The van der Waals surface area contributed by atoms with E-state index < -0.39 is 12.1 Å². The van der Waals surface area contributed by atoms with E-state index >= 15 is 0 Å². The molecule has 6 aromatic heterocycles. The molecule has 112 heavy (non-hydrogen) atoms. The Morgan fingerprint density at radius 3 is 1.21 bits per heavy atom. The molecule has 584 valence electrons. The first-order valence-electron chi connectivity index (χ1n) is 37.4. The zero-order valence-corrected chi connectivity index (χ0v) is 64.9. The number of aromatic nitrogens is 12. The van der Waals surface area contributed by atoms with Crippen molar-refractivity contribution in [1.29, 1.82) is 5.26 Å². The average molecular weight is 1530 g/mol. The second-order valence-corrected chi connectivity index (χ2v) is 28.4. The Bertz CT molecular complexity index is 5120. The number of hydrogen-bond acceptors (Lipinski definition) is 23. The summed E-state index contributed by atoms with van der Waals surface area (Å²) < 4.78 is 76.1. The number of methoxy groups -OCH3 is 6. The van der Waals surface area contributed by atoms with Gasteiger partial charge in [-0.3, -0.25) is 34.3 Å². The minimum atomic E-state index is -4.11. The van der Waals surface area contributed by atoms with Gasteiger partial charge in [0.2, 0.25) is 0 Å². The van der Waals surface area contributed by atoms with E-state index in [2.05, 4.69) is 126 Å². The van der Waals surface area contributed by atoms with Crippen molar-refractivity contribution in [3.8, 4) is 74.3 Å². The topological polar surface area (TPSA) is 244 Å². The van der Waals surface area contributed by atoms with E-state index in [1.165, 1.54) is 6.42 Å². The van der Waals surface area contributed by atoms with E-state index in [4.69, 9.17) is 43.4 Å². The minimum absolute atomic E-state index is 0.109. The van der Waals surface area contributed by atoms with Crippen LogP contribution in [0.15, 0.2) is 165 Å². The van der Waals surface area contributed by atoms with Crippen molar-refractivity contribution in [2.45, 2.75) is 44.3 Å². The molecule has 0 bridgehead atoms. The fraction of sp³-hybridized carbons (Fsp3) is 0.373. The predicted octanol–water partition coefficient (Wildman–Crippen LogP) is 13.7. The number of nitrogens with zero attached hydrogens (tertiary/aromatic N) is 19. The summed E-state index contributed by atoms with van der Waals surface area (Å²) in [6.45, 7) is 9.52. The van der Waals surface area contributed by atoms with Crippen LogP contribution in [0, 0.1) is 23.2 Å². The lowest BCUT2D eigenvalue weighted by Gasteiger charge is -2.33. The van der Waals surface area contributed by atoms with Gasteiger partial charge >= 0.3 is 6.18 Å². The van der Waals surface area contributed by atoms with Crippen LogP contribution in [0.4, 0.5) is 47.3 Å². The number of halogens is 3. The van der Waals surface area contributed by atoms with E-state index in [1.807, 2.05) is 105 Å². The van der Waals surface area contributed by atoms with Gasteiger partial charge < -0.3 is 57.8 Å². The molecule has 0 saturated carbocycles. The summed E-state index contributed by atoms with van der Waals surface area (Å²) in [7, 11) is 18.0. The fourth-order valence-electron chi connectivity index (χ4n) is 14.5. The first-order valence-corrected chi connectivity index (χ1v) is 37.4. The van der Waals surface area contributed by atoms with Gasteiger partial charge in [0, 0.05) is 190 Å². The van der Waals surface area contributed by atoms with Gasteiger partial charge in [0.15, 0.2) is 0 Å². The number of likely N-dealkylation sites (N-methyl/N-ethyl adjacent to an activating group) is 1. The summed E-state index contributed by atoms with van der Waals surface area (Å²) in [6, 6.07) is 38.9. The van der Waals surface area contributed by atoms with Crippen LogP contribution >= 0.6 is 0 Å². The van der Waals surface area contributed by atoms with Gasteiger partial charge in [-0.2, -0.15) is 33.7 Å². The predicted molar refractivity (Wildman–Crippen MR) is 429 cm³/mol. The third kappa shape index (κ3) is 19.3. The molecule has 12 aromatic rings. The van der Waals surface area contributed by atoms with E-state index in [9.17, 15) is 18.4 Å². The number of rotatable bonds is 26. The Kier molecular flexibility index (Phi) is 25.2. The lowest BCUT2D eigenvalue weighted by molar-refractivity contribution is -0.185. The molecular formula is C83H95F3N20O6. The molecule has 0 aliphatic carbocycles. The molecule has 0 amide bonds. The number of likely N-dealkylation sites (tertiary alicyclic amines) is 3. The molecule has 3 aliphatic rings. The summed E-state index contributed by atoms with van der Waals surface area (Å²) in [5.74, 6) is 3.19. The van der Waals surface area contributed by atoms with Gasteiger partial charge in [0.05, 0.1) is 148 Å². The SMILES string of the molecule is COc1cc(OC)cc(N(CCCN2CCC(C(F)(F)F)CC2)c2ccc3ncc(-c4cnn(C)c4)nc3c2)c1.COc1cc(OC)cc(N(CCN2CCC(N(C)C)C2)c2ccc3ncc(-c4cnn(C)c4)nc3c2)c1.COc1cc(OC)cc(N(CCN2CC[C@H](C#N)C2)c2ccc3ncc(-c4cn[nH]c4)nc3c2)c1. The van der Waals surface area contributed by atoms with Gasteiger partial charge in [0.25, 0.3) is 0 Å². The molecule has 9 heterocycles. The third-order valence-corrected chi connectivity index (χ3v) is 20.9. The van der Waals surface area contributed by atoms with Crippen LogP contribution in [0.2, 0.25) is 0 Å². The van der Waals surface area contributed by atoms with Crippen molar-refractivity contribution in [3.63, 3.8) is 0 Å². The summed E-state index contributed by atoms with van der Waals surface area (Å²) in [5.41, 5.74) is 15.6.